The van der Waals surface area contributed by atoms with Crippen LogP contribution in [0, 0.1) is 0 Å². The maximum absolute atomic E-state index is 5.50. The van der Waals surface area contributed by atoms with Crippen LogP contribution in [0.3, 0.4) is 0 Å². The minimum atomic E-state index is 0.450. The van der Waals surface area contributed by atoms with Crippen LogP contribution in [0.5, 0.6) is 5.75 Å². The summed E-state index contributed by atoms with van der Waals surface area (Å²) in [6.07, 6.45) is 5.31. The normalized spacial score (nSPS) is 10.3. The maximum atomic E-state index is 5.50. The van der Waals surface area contributed by atoms with Crippen molar-refractivity contribution < 1.29 is 4.74 Å². The second-order valence-corrected chi connectivity index (χ2v) is 3.80. The number of rotatable bonds is 3. The van der Waals surface area contributed by atoms with Gasteiger partial charge in [0, 0.05) is 19.4 Å². The standard InChI is InChI=1S/C10H10BrN3O/c1-14-6-8(13-10(14)11)7-15-9-3-2-4-12-5-9/h2-6H,7H2,1H3. The highest BCUT2D eigenvalue weighted by Gasteiger charge is 2.02. The van der Waals surface area contributed by atoms with Crippen molar-refractivity contribution in [1.29, 1.82) is 0 Å². The maximum Gasteiger partial charge on any atom is 0.177 e. The summed E-state index contributed by atoms with van der Waals surface area (Å²) in [5.41, 5.74) is 0.883. The molecule has 0 saturated carbocycles. The minimum Gasteiger partial charge on any atom is -0.486 e. The first-order chi connectivity index (χ1) is 7.25. The van der Waals surface area contributed by atoms with Crippen LogP contribution in [0.25, 0.3) is 0 Å². The van der Waals surface area contributed by atoms with E-state index < -0.39 is 0 Å². The summed E-state index contributed by atoms with van der Waals surface area (Å²) in [5, 5.41) is 0. The number of pyridine rings is 1. The molecule has 0 bridgehead atoms. The number of aromatic nitrogens is 3. The fourth-order valence-electron chi connectivity index (χ4n) is 1.16. The van der Waals surface area contributed by atoms with E-state index in [1.165, 1.54) is 0 Å². The molecule has 5 heteroatoms. The first-order valence-corrected chi connectivity index (χ1v) is 5.25. The van der Waals surface area contributed by atoms with E-state index in [0.29, 0.717) is 6.61 Å². The van der Waals surface area contributed by atoms with Gasteiger partial charge in [-0.05, 0) is 28.1 Å². The molecule has 0 radical (unpaired) electrons. The summed E-state index contributed by atoms with van der Waals surface area (Å²) in [6.45, 7) is 0.450. The molecule has 0 fully saturated rings. The molecule has 2 aromatic heterocycles. The molecule has 2 rings (SSSR count). The molecule has 2 heterocycles. The predicted molar refractivity (Wildman–Crippen MR) is 59.5 cm³/mol. The number of ether oxygens (including phenoxy) is 1. The largest absolute Gasteiger partial charge is 0.486 e. The zero-order valence-corrected chi connectivity index (χ0v) is 9.81. The van der Waals surface area contributed by atoms with Gasteiger partial charge in [0.25, 0.3) is 0 Å². The van der Waals surface area contributed by atoms with E-state index in [9.17, 15) is 0 Å². The van der Waals surface area contributed by atoms with E-state index in [-0.39, 0.29) is 0 Å². The number of hydrogen-bond donors (Lipinski definition) is 0. The SMILES string of the molecule is Cn1cc(COc2cccnc2)nc1Br. The van der Waals surface area contributed by atoms with Crippen LogP contribution < -0.4 is 4.74 Å². The number of aryl methyl sites for hydroxylation is 1. The van der Waals surface area contributed by atoms with Gasteiger partial charge in [0.1, 0.15) is 12.4 Å². The van der Waals surface area contributed by atoms with Crippen LogP contribution in [-0.2, 0) is 13.7 Å². The molecule has 0 saturated heterocycles. The zero-order chi connectivity index (χ0) is 10.7. The van der Waals surface area contributed by atoms with Gasteiger partial charge in [0.05, 0.1) is 11.9 Å². The number of halogens is 1. The summed E-state index contributed by atoms with van der Waals surface area (Å²) in [6, 6.07) is 3.70. The lowest BCUT2D eigenvalue weighted by Crippen LogP contribution is -1.95. The van der Waals surface area contributed by atoms with Crippen LogP contribution in [0.1, 0.15) is 5.69 Å². The fraction of sp³-hybridized carbons (Fsp3) is 0.200. The third kappa shape index (κ3) is 2.56. The van der Waals surface area contributed by atoms with Crippen LogP contribution >= 0.6 is 15.9 Å². The zero-order valence-electron chi connectivity index (χ0n) is 8.22. The molecule has 2 aromatic rings. The molecular weight excluding hydrogens is 258 g/mol. The van der Waals surface area contributed by atoms with E-state index in [2.05, 4.69) is 25.9 Å². The van der Waals surface area contributed by atoms with Crippen molar-refractivity contribution in [1.82, 2.24) is 14.5 Å². The van der Waals surface area contributed by atoms with Gasteiger partial charge in [-0.2, -0.15) is 0 Å². The lowest BCUT2D eigenvalue weighted by atomic mass is 10.4. The van der Waals surface area contributed by atoms with Gasteiger partial charge in [-0.25, -0.2) is 4.98 Å². The number of nitrogens with zero attached hydrogens (tertiary/aromatic N) is 3. The Balaban J connectivity index is 1.99. The monoisotopic (exact) mass is 267 g/mol. The molecule has 4 nitrogen and oxygen atoms in total. The van der Waals surface area contributed by atoms with Crippen molar-refractivity contribution in [3.05, 3.63) is 41.2 Å². The van der Waals surface area contributed by atoms with Gasteiger partial charge in [-0.1, -0.05) is 0 Å². The highest BCUT2D eigenvalue weighted by atomic mass is 79.9. The van der Waals surface area contributed by atoms with Crippen molar-refractivity contribution in [2.24, 2.45) is 7.05 Å². The van der Waals surface area contributed by atoms with Gasteiger partial charge < -0.3 is 9.30 Å². The fourth-order valence-corrected chi connectivity index (χ4v) is 1.49. The molecule has 0 atom stereocenters. The van der Waals surface area contributed by atoms with Gasteiger partial charge in [0.2, 0.25) is 0 Å². The van der Waals surface area contributed by atoms with Crippen LogP contribution in [0.2, 0.25) is 0 Å². The highest BCUT2D eigenvalue weighted by molar-refractivity contribution is 9.10. The quantitative estimate of drug-likeness (QED) is 0.856. The van der Waals surface area contributed by atoms with Crippen molar-refractivity contribution in [2.45, 2.75) is 6.61 Å². The molecule has 0 N–H and O–H groups in total. The van der Waals surface area contributed by atoms with E-state index >= 15 is 0 Å². The summed E-state index contributed by atoms with van der Waals surface area (Å²) in [7, 11) is 1.92. The summed E-state index contributed by atoms with van der Waals surface area (Å²) < 4.78 is 8.19. The Labute approximate surface area is 96.1 Å². The van der Waals surface area contributed by atoms with E-state index in [4.69, 9.17) is 4.74 Å². The number of imidazole rings is 1. The van der Waals surface area contributed by atoms with Gasteiger partial charge in [-0.3, -0.25) is 4.98 Å². The molecule has 0 spiro atoms. The molecule has 0 aliphatic carbocycles. The highest BCUT2D eigenvalue weighted by Crippen LogP contribution is 2.12. The van der Waals surface area contributed by atoms with Gasteiger partial charge in [0.15, 0.2) is 4.73 Å². The summed E-state index contributed by atoms with van der Waals surface area (Å²) in [5.74, 6) is 0.749. The Morgan fingerprint density at radius 3 is 3.00 bits per heavy atom. The first-order valence-electron chi connectivity index (χ1n) is 4.46. The molecular formula is C10H10BrN3O. The topological polar surface area (TPSA) is 39.9 Å². The van der Waals surface area contributed by atoms with Gasteiger partial charge in [-0.15, -0.1) is 0 Å². The van der Waals surface area contributed by atoms with E-state index in [0.717, 1.165) is 16.2 Å². The molecule has 0 aromatic carbocycles. The summed E-state index contributed by atoms with van der Waals surface area (Å²) >= 11 is 3.33. The molecule has 78 valence electrons. The average molecular weight is 268 g/mol. The summed E-state index contributed by atoms with van der Waals surface area (Å²) in [4.78, 5) is 8.22. The third-order valence-corrected chi connectivity index (χ3v) is 2.63. The Hall–Kier alpha value is -1.36. The van der Waals surface area contributed by atoms with Crippen molar-refractivity contribution in [2.75, 3.05) is 0 Å². The van der Waals surface area contributed by atoms with Gasteiger partial charge >= 0.3 is 0 Å². The Morgan fingerprint density at radius 1 is 1.53 bits per heavy atom. The van der Waals surface area contributed by atoms with Crippen LogP contribution in [0.4, 0.5) is 0 Å². The van der Waals surface area contributed by atoms with E-state index in [1.54, 1.807) is 12.4 Å². The lowest BCUT2D eigenvalue weighted by molar-refractivity contribution is 0.300. The van der Waals surface area contributed by atoms with Crippen LogP contribution in [0.15, 0.2) is 35.5 Å². The van der Waals surface area contributed by atoms with Crippen molar-refractivity contribution >= 4 is 15.9 Å². The van der Waals surface area contributed by atoms with E-state index in [1.807, 2.05) is 29.9 Å². The minimum absolute atomic E-state index is 0.450. The predicted octanol–water partition coefficient (Wildman–Crippen LogP) is 2.16. The Kier molecular flexibility index (Phi) is 3.01. The third-order valence-electron chi connectivity index (χ3n) is 1.89. The molecule has 15 heavy (non-hydrogen) atoms. The molecule has 0 unspecified atom stereocenters. The van der Waals surface area contributed by atoms with Crippen molar-refractivity contribution in [3.8, 4) is 5.75 Å². The molecule has 0 aliphatic heterocycles. The molecule has 0 amide bonds. The van der Waals surface area contributed by atoms with Crippen LogP contribution in [-0.4, -0.2) is 14.5 Å². The Bertz CT molecular complexity index is 422. The smallest absolute Gasteiger partial charge is 0.177 e. The average Bonchev–Trinajstić information content (AvgIpc) is 2.57. The van der Waals surface area contributed by atoms with Crippen molar-refractivity contribution in [3.63, 3.8) is 0 Å². The lowest BCUT2D eigenvalue weighted by Gasteiger charge is -2.01. The second kappa shape index (κ2) is 4.44. The first kappa shape index (κ1) is 10.2. The second-order valence-electron chi connectivity index (χ2n) is 3.09. The molecule has 0 aliphatic rings. The Morgan fingerprint density at radius 2 is 2.40 bits per heavy atom. The number of hydrogen-bond acceptors (Lipinski definition) is 3.